The number of hydrogen-bond acceptors (Lipinski definition) is 1. The van der Waals surface area contributed by atoms with Crippen LogP contribution in [0.1, 0.15) is 17.5 Å². The Morgan fingerprint density at radius 1 is 1.05 bits per heavy atom. The van der Waals surface area contributed by atoms with Crippen LogP contribution in [0, 0.1) is 16.4 Å². The average Bonchev–Trinajstić information content (AvgIpc) is 3.06. The number of H-pyrrole nitrogens is 1. The van der Waals surface area contributed by atoms with Crippen molar-refractivity contribution in [3.8, 4) is 5.69 Å². The molecular formula is C16H12F2N2S. The molecule has 2 aromatic carbocycles. The highest BCUT2D eigenvalue weighted by atomic mass is 32.1. The highest BCUT2D eigenvalue weighted by molar-refractivity contribution is 7.71. The molecule has 1 N–H and O–H groups in total. The van der Waals surface area contributed by atoms with Crippen molar-refractivity contribution in [2.24, 2.45) is 0 Å². The number of nitrogens with zero attached hydrogens (tertiary/aromatic N) is 1. The Kier molecular flexibility index (Phi) is 2.72. The number of benzene rings is 2. The largest absolute Gasteiger partial charge is 0.330 e. The first-order valence-corrected chi connectivity index (χ1v) is 7.27. The van der Waals surface area contributed by atoms with Crippen LogP contribution in [-0.4, -0.2) is 9.55 Å². The summed E-state index contributed by atoms with van der Waals surface area (Å²) in [7, 11) is 0. The van der Waals surface area contributed by atoms with Gasteiger partial charge in [-0.25, -0.2) is 8.78 Å². The van der Waals surface area contributed by atoms with E-state index in [-0.39, 0.29) is 5.52 Å². The molecule has 0 unspecified atom stereocenters. The Bertz CT molecular complexity index is 924. The smallest absolute Gasteiger partial charge is 0.184 e. The van der Waals surface area contributed by atoms with Crippen LogP contribution in [-0.2, 0) is 12.8 Å². The molecule has 0 spiro atoms. The van der Waals surface area contributed by atoms with Crippen molar-refractivity contribution in [1.29, 1.82) is 0 Å². The molecule has 21 heavy (non-hydrogen) atoms. The summed E-state index contributed by atoms with van der Waals surface area (Å²) in [5.74, 6) is -1.74. The van der Waals surface area contributed by atoms with Crippen LogP contribution in [0.15, 0.2) is 30.3 Å². The predicted molar refractivity (Wildman–Crippen MR) is 80.4 cm³/mol. The third-order valence-electron chi connectivity index (χ3n) is 4.08. The van der Waals surface area contributed by atoms with Gasteiger partial charge in [0.1, 0.15) is 5.52 Å². The Hall–Kier alpha value is -2.01. The predicted octanol–water partition coefficient (Wildman–Crippen LogP) is 4.45. The molecule has 1 heterocycles. The van der Waals surface area contributed by atoms with Crippen molar-refractivity contribution in [2.45, 2.75) is 19.3 Å². The Morgan fingerprint density at radius 3 is 2.71 bits per heavy atom. The number of fused-ring (bicyclic) bond motifs is 2. The molecule has 0 fully saturated rings. The van der Waals surface area contributed by atoms with Gasteiger partial charge in [-0.2, -0.15) is 0 Å². The van der Waals surface area contributed by atoms with Crippen LogP contribution in [0.25, 0.3) is 16.7 Å². The zero-order valence-corrected chi connectivity index (χ0v) is 11.9. The molecule has 1 aliphatic carbocycles. The second kappa shape index (κ2) is 4.49. The summed E-state index contributed by atoms with van der Waals surface area (Å²) in [4.78, 5) is 2.93. The number of aryl methyl sites for hydroxylation is 2. The average molecular weight is 302 g/mol. The fourth-order valence-electron chi connectivity index (χ4n) is 3.08. The summed E-state index contributed by atoms with van der Waals surface area (Å²) in [6.45, 7) is 0. The minimum atomic E-state index is -0.875. The molecule has 1 aromatic heterocycles. The van der Waals surface area contributed by atoms with Gasteiger partial charge in [0.05, 0.1) is 5.52 Å². The van der Waals surface area contributed by atoms with Gasteiger partial charge in [-0.15, -0.1) is 0 Å². The van der Waals surface area contributed by atoms with Crippen LogP contribution in [0.4, 0.5) is 8.78 Å². The lowest BCUT2D eigenvalue weighted by atomic mass is 10.1. The van der Waals surface area contributed by atoms with Crippen LogP contribution in [0.5, 0.6) is 0 Å². The summed E-state index contributed by atoms with van der Waals surface area (Å²) >= 11 is 5.28. The third kappa shape index (κ3) is 1.84. The molecule has 4 rings (SSSR count). The minimum Gasteiger partial charge on any atom is -0.330 e. The molecule has 5 heteroatoms. The molecular weight excluding hydrogens is 290 g/mol. The monoisotopic (exact) mass is 302 g/mol. The third-order valence-corrected chi connectivity index (χ3v) is 4.36. The molecule has 1 aliphatic rings. The zero-order valence-electron chi connectivity index (χ0n) is 11.1. The van der Waals surface area contributed by atoms with E-state index in [0.717, 1.165) is 31.0 Å². The number of rotatable bonds is 1. The first-order valence-electron chi connectivity index (χ1n) is 6.86. The van der Waals surface area contributed by atoms with E-state index in [1.165, 1.54) is 17.2 Å². The summed E-state index contributed by atoms with van der Waals surface area (Å²) in [5.41, 5.74) is 4.03. The first kappa shape index (κ1) is 12.7. The van der Waals surface area contributed by atoms with Gasteiger partial charge in [0.2, 0.25) is 0 Å². The van der Waals surface area contributed by atoms with E-state index in [1.54, 1.807) is 4.57 Å². The van der Waals surface area contributed by atoms with E-state index in [4.69, 9.17) is 12.2 Å². The number of aromatic amines is 1. The Morgan fingerprint density at radius 2 is 1.86 bits per heavy atom. The molecule has 0 saturated carbocycles. The van der Waals surface area contributed by atoms with Gasteiger partial charge in [0.25, 0.3) is 0 Å². The lowest BCUT2D eigenvalue weighted by Gasteiger charge is -2.08. The van der Waals surface area contributed by atoms with Crippen molar-refractivity contribution in [2.75, 3.05) is 0 Å². The number of halogens is 2. The molecule has 0 bridgehead atoms. The molecule has 2 nitrogen and oxygen atoms in total. The highest BCUT2D eigenvalue weighted by Crippen LogP contribution is 2.28. The number of imidazole rings is 1. The van der Waals surface area contributed by atoms with Crippen LogP contribution in [0.3, 0.4) is 0 Å². The first-order chi connectivity index (χ1) is 10.1. The molecule has 0 amide bonds. The van der Waals surface area contributed by atoms with Crippen molar-refractivity contribution in [1.82, 2.24) is 9.55 Å². The summed E-state index contributed by atoms with van der Waals surface area (Å²) < 4.78 is 29.6. The molecule has 3 aromatic rings. The van der Waals surface area contributed by atoms with Gasteiger partial charge in [-0.05, 0) is 66.9 Å². The van der Waals surface area contributed by atoms with E-state index in [9.17, 15) is 8.78 Å². The van der Waals surface area contributed by atoms with Gasteiger partial charge >= 0.3 is 0 Å². The Balaban J connectivity index is 2.04. The topological polar surface area (TPSA) is 20.7 Å². The minimum absolute atomic E-state index is 0.165. The second-order valence-electron chi connectivity index (χ2n) is 5.33. The lowest BCUT2D eigenvalue weighted by Crippen LogP contribution is -1.98. The number of aromatic nitrogens is 2. The molecule has 0 saturated heterocycles. The maximum atomic E-state index is 14.2. The molecule has 0 radical (unpaired) electrons. The maximum Gasteiger partial charge on any atom is 0.184 e. The zero-order chi connectivity index (χ0) is 14.6. The second-order valence-corrected chi connectivity index (χ2v) is 5.72. The summed E-state index contributed by atoms with van der Waals surface area (Å²) in [6.07, 6.45) is 3.24. The summed E-state index contributed by atoms with van der Waals surface area (Å²) in [5, 5.41) is 0. The van der Waals surface area contributed by atoms with Gasteiger partial charge in [-0.1, -0.05) is 6.07 Å². The van der Waals surface area contributed by atoms with Crippen LogP contribution >= 0.6 is 12.2 Å². The normalized spacial score (nSPS) is 13.8. The van der Waals surface area contributed by atoms with E-state index >= 15 is 0 Å². The van der Waals surface area contributed by atoms with Crippen molar-refractivity contribution in [3.05, 3.63) is 57.9 Å². The van der Waals surface area contributed by atoms with Gasteiger partial charge in [-0.3, -0.25) is 4.57 Å². The van der Waals surface area contributed by atoms with E-state index in [2.05, 4.69) is 11.1 Å². The van der Waals surface area contributed by atoms with Crippen LogP contribution < -0.4 is 0 Å². The molecule has 0 aliphatic heterocycles. The maximum absolute atomic E-state index is 14.2. The van der Waals surface area contributed by atoms with Gasteiger partial charge in [0, 0.05) is 5.69 Å². The van der Waals surface area contributed by atoms with Crippen molar-refractivity contribution >= 4 is 23.3 Å². The molecule has 0 atom stereocenters. The van der Waals surface area contributed by atoms with Gasteiger partial charge < -0.3 is 4.98 Å². The van der Waals surface area contributed by atoms with E-state index < -0.39 is 11.6 Å². The quantitative estimate of drug-likeness (QED) is 0.658. The fourth-order valence-corrected chi connectivity index (χ4v) is 3.38. The summed E-state index contributed by atoms with van der Waals surface area (Å²) in [6, 6.07) is 8.60. The number of hydrogen-bond donors (Lipinski definition) is 1. The van der Waals surface area contributed by atoms with E-state index in [0.29, 0.717) is 10.3 Å². The fraction of sp³-hybridized carbons (Fsp3) is 0.188. The standard InChI is InChI=1S/C16H12F2N2S/c17-12-6-7-13-15(14(12)18)20(16(21)19-13)11-5-4-9-2-1-3-10(9)8-11/h4-8H,1-3H2,(H,19,21). The number of nitrogens with one attached hydrogen (secondary N) is 1. The van der Waals surface area contributed by atoms with E-state index in [1.807, 2.05) is 12.1 Å². The van der Waals surface area contributed by atoms with Crippen LogP contribution in [0.2, 0.25) is 0 Å². The van der Waals surface area contributed by atoms with Gasteiger partial charge in [0.15, 0.2) is 16.4 Å². The highest BCUT2D eigenvalue weighted by Gasteiger charge is 2.17. The Labute approximate surface area is 125 Å². The van der Waals surface area contributed by atoms with Crippen molar-refractivity contribution < 1.29 is 8.78 Å². The lowest BCUT2D eigenvalue weighted by molar-refractivity contribution is 0.514. The molecule has 106 valence electrons. The van der Waals surface area contributed by atoms with Crippen molar-refractivity contribution in [3.63, 3.8) is 0 Å². The SMILES string of the molecule is Fc1ccc2[nH]c(=S)n(-c3ccc4c(c3)CCC4)c2c1F.